The SMILES string of the molecule is COc1cc(Nc2nc3c(c(N4CC[C@@H](F)C4)n2)CCN(S(C)(=O)=O)C3c2ccc(F)cc2)ccc1-n1cnc(Cl)c1. The molecule has 1 saturated heterocycles. The second kappa shape index (κ2) is 11.1. The molecule has 0 bridgehead atoms. The van der Waals surface area contributed by atoms with Gasteiger partial charge in [0, 0.05) is 36.6 Å². The first-order valence-corrected chi connectivity index (χ1v) is 15.5. The number of hydrogen-bond acceptors (Lipinski definition) is 8. The Morgan fingerprint density at radius 3 is 2.55 bits per heavy atom. The maximum Gasteiger partial charge on any atom is 0.229 e. The van der Waals surface area contributed by atoms with E-state index in [9.17, 15) is 17.2 Å². The van der Waals surface area contributed by atoms with E-state index in [1.165, 1.54) is 16.4 Å². The first-order chi connectivity index (χ1) is 20.1. The number of aromatic nitrogens is 4. The lowest BCUT2D eigenvalue weighted by atomic mass is 9.94. The van der Waals surface area contributed by atoms with Gasteiger partial charge in [-0.1, -0.05) is 23.7 Å². The molecule has 2 aliphatic rings. The Balaban J connectivity index is 1.46. The van der Waals surface area contributed by atoms with Gasteiger partial charge < -0.3 is 19.5 Å². The van der Waals surface area contributed by atoms with Crippen LogP contribution in [0.25, 0.3) is 5.69 Å². The van der Waals surface area contributed by atoms with E-state index in [0.717, 1.165) is 11.8 Å². The molecule has 0 radical (unpaired) electrons. The number of imidazole rings is 1. The topological polar surface area (TPSA) is 105 Å². The van der Waals surface area contributed by atoms with Crippen LogP contribution >= 0.6 is 11.6 Å². The van der Waals surface area contributed by atoms with Crippen LogP contribution in [0, 0.1) is 5.82 Å². The lowest BCUT2D eigenvalue weighted by molar-refractivity contribution is 0.339. The predicted octanol–water partition coefficient (Wildman–Crippen LogP) is 4.66. The van der Waals surface area contributed by atoms with Crippen molar-refractivity contribution in [1.29, 1.82) is 0 Å². The number of fused-ring (bicyclic) bond motifs is 1. The Hall–Kier alpha value is -3.81. The number of alkyl halides is 1. The third-order valence-corrected chi connectivity index (χ3v) is 8.89. The van der Waals surface area contributed by atoms with Gasteiger partial charge in [-0.2, -0.15) is 9.29 Å². The molecule has 1 N–H and O–H groups in total. The molecule has 1 unspecified atom stereocenters. The summed E-state index contributed by atoms with van der Waals surface area (Å²) in [6.07, 6.45) is 4.09. The van der Waals surface area contributed by atoms with Gasteiger partial charge in [0.2, 0.25) is 16.0 Å². The van der Waals surface area contributed by atoms with Crippen molar-refractivity contribution in [1.82, 2.24) is 23.8 Å². The molecule has 1 fully saturated rings. The second-order valence-electron chi connectivity index (χ2n) is 10.3. The molecule has 14 heteroatoms. The Kier molecular flexibility index (Phi) is 7.50. The fourth-order valence-electron chi connectivity index (χ4n) is 5.52. The molecule has 0 saturated carbocycles. The molecular weight excluding hydrogens is 588 g/mol. The second-order valence-corrected chi connectivity index (χ2v) is 12.6. The summed E-state index contributed by atoms with van der Waals surface area (Å²) in [5.74, 6) is 0.848. The van der Waals surface area contributed by atoms with E-state index in [2.05, 4.69) is 10.3 Å². The van der Waals surface area contributed by atoms with Crippen LogP contribution in [0.4, 0.5) is 26.2 Å². The Morgan fingerprint density at radius 2 is 1.90 bits per heavy atom. The fourth-order valence-corrected chi connectivity index (χ4v) is 6.70. The first kappa shape index (κ1) is 28.3. The number of sulfonamides is 1. The normalized spacial score (nSPS) is 19.1. The summed E-state index contributed by atoms with van der Waals surface area (Å²) in [6.45, 7) is 0.827. The highest BCUT2D eigenvalue weighted by molar-refractivity contribution is 7.88. The molecule has 0 amide bonds. The maximum atomic E-state index is 14.3. The maximum absolute atomic E-state index is 14.3. The zero-order chi connectivity index (χ0) is 29.6. The van der Waals surface area contributed by atoms with Crippen molar-refractivity contribution in [3.8, 4) is 11.4 Å². The lowest BCUT2D eigenvalue weighted by Crippen LogP contribution is -2.41. The number of halogens is 3. The third kappa shape index (κ3) is 5.51. The molecule has 42 heavy (non-hydrogen) atoms. The van der Waals surface area contributed by atoms with Crippen molar-refractivity contribution in [3.05, 3.63) is 82.8 Å². The molecule has 6 rings (SSSR count). The number of nitrogens with zero attached hydrogens (tertiary/aromatic N) is 6. The fraction of sp³-hybridized carbons (Fsp3) is 0.321. The molecular formula is C28H28ClF2N7O3S. The van der Waals surface area contributed by atoms with Crippen LogP contribution in [0.3, 0.4) is 0 Å². The van der Waals surface area contributed by atoms with Crippen LogP contribution < -0.4 is 15.0 Å². The Bertz CT molecular complexity index is 1740. The van der Waals surface area contributed by atoms with Crippen LogP contribution in [-0.2, 0) is 16.4 Å². The van der Waals surface area contributed by atoms with E-state index in [-0.39, 0.29) is 19.0 Å². The molecule has 220 valence electrons. The number of methoxy groups -OCH3 is 1. The van der Waals surface area contributed by atoms with Gasteiger partial charge in [-0.3, -0.25) is 0 Å². The van der Waals surface area contributed by atoms with Gasteiger partial charge in [0.15, 0.2) is 0 Å². The van der Waals surface area contributed by atoms with Crippen molar-refractivity contribution < 1.29 is 21.9 Å². The standard InChI is InChI=1S/C28H28ClF2N7O3S/c1-41-23-13-20(7-8-22(23)37-15-24(29)32-16-37)33-28-34-25-21(27(35-28)36-11-9-19(31)14-36)10-12-38(42(2,39)40)26(25)17-3-5-18(30)6-4-17/h3-8,13,15-16,19,26H,9-12,14H2,1-2H3,(H,33,34,35)/t19-,26?/m1/s1. The molecule has 4 aromatic rings. The summed E-state index contributed by atoms with van der Waals surface area (Å²) < 4.78 is 62.8. The van der Waals surface area contributed by atoms with Crippen LogP contribution in [0.2, 0.25) is 5.15 Å². The number of ether oxygens (including phenoxy) is 1. The van der Waals surface area contributed by atoms with Crippen LogP contribution in [0.15, 0.2) is 55.0 Å². The average Bonchev–Trinajstić information content (AvgIpc) is 3.60. The van der Waals surface area contributed by atoms with Crippen LogP contribution in [0.1, 0.15) is 29.3 Å². The smallest absolute Gasteiger partial charge is 0.229 e. The molecule has 10 nitrogen and oxygen atoms in total. The van der Waals surface area contributed by atoms with E-state index in [1.807, 2.05) is 17.0 Å². The number of nitrogens with one attached hydrogen (secondary N) is 1. The summed E-state index contributed by atoms with van der Waals surface area (Å²) in [7, 11) is -2.13. The minimum Gasteiger partial charge on any atom is -0.494 e. The summed E-state index contributed by atoms with van der Waals surface area (Å²) in [5.41, 5.74) is 3.08. The largest absolute Gasteiger partial charge is 0.494 e. The molecule has 4 heterocycles. The summed E-state index contributed by atoms with van der Waals surface area (Å²) in [6, 6.07) is 10.3. The van der Waals surface area contributed by atoms with Gasteiger partial charge in [0.1, 0.15) is 35.0 Å². The van der Waals surface area contributed by atoms with Crippen molar-refractivity contribution in [3.63, 3.8) is 0 Å². The van der Waals surface area contributed by atoms with E-state index in [0.29, 0.717) is 58.7 Å². The molecule has 2 aliphatic heterocycles. The molecule has 0 aliphatic carbocycles. The van der Waals surface area contributed by atoms with E-state index in [4.69, 9.17) is 26.3 Å². The minimum atomic E-state index is -3.68. The molecule has 2 atom stereocenters. The molecule has 0 spiro atoms. The summed E-state index contributed by atoms with van der Waals surface area (Å²) in [5, 5.41) is 3.56. The van der Waals surface area contributed by atoms with Crippen molar-refractivity contribution >= 4 is 39.1 Å². The zero-order valence-electron chi connectivity index (χ0n) is 22.8. The van der Waals surface area contributed by atoms with E-state index < -0.39 is 28.1 Å². The van der Waals surface area contributed by atoms with Gasteiger partial charge in [-0.15, -0.1) is 0 Å². The average molecular weight is 616 g/mol. The van der Waals surface area contributed by atoms with E-state index in [1.54, 1.807) is 42.4 Å². The highest BCUT2D eigenvalue weighted by Gasteiger charge is 2.39. The number of benzene rings is 2. The van der Waals surface area contributed by atoms with Gasteiger partial charge in [-0.05, 0) is 42.7 Å². The lowest BCUT2D eigenvalue weighted by Gasteiger charge is -2.36. The Labute approximate surface area is 247 Å². The third-order valence-electron chi connectivity index (χ3n) is 7.45. The van der Waals surface area contributed by atoms with Gasteiger partial charge in [-0.25, -0.2) is 27.2 Å². The van der Waals surface area contributed by atoms with E-state index >= 15 is 0 Å². The highest BCUT2D eigenvalue weighted by Crippen LogP contribution is 2.41. The number of anilines is 3. The van der Waals surface area contributed by atoms with Gasteiger partial charge >= 0.3 is 0 Å². The zero-order valence-corrected chi connectivity index (χ0v) is 24.4. The predicted molar refractivity (Wildman–Crippen MR) is 156 cm³/mol. The number of hydrogen-bond donors (Lipinski definition) is 1. The molecule has 2 aromatic heterocycles. The quantitative estimate of drug-likeness (QED) is 0.320. The highest BCUT2D eigenvalue weighted by atomic mass is 35.5. The van der Waals surface area contributed by atoms with Crippen molar-refractivity contribution in [2.24, 2.45) is 0 Å². The van der Waals surface area contributed by atoms with Crippen LogP contribution in [0.5, 0.6) is 5.75 Å². The Morgan fingerprint density at radius 1 is 1.12 bits per heavy atom. The molecule has 2 aromatic carbocycles. The summed E-state index contributed by atoms with van der Waals surface area (Å²) in [4.78, 5) is 15.6. The van der Waals surface area contributed by atoms with Gasteiger partial charge in [0.05, 0.1) is 37.3 Å². The van der Waals surface area contributed by atoms with Gasteiger partial charge in [0.25, 0.3) is 0 Å². The van der Waals surface area contributed by atoms with Crippen molar-refractivity contribution in [2.45, 2.75) is 25.1 Å². The number of rotatable bonds is 7. The van der Waals surface area contributed by atoms with Crippen molar-refractivity contribution in [2.75, 3.05) is 43.2 Å². The monoisotopic (exact) mass is 615 g/mol. The first-order valence-electron chi connectivity index (χ1n) is 13.3. The minimum absolute atomic E-state index is 0.176. The van der Waals surface area contributed by atoms with Crippen LogP contribution in [-0.4, -0.2) is 71.4 Å². The summed E-state index contributed by atoms with van der Waals surface area (Å²) >= 11 is 5.99.